The molecular weight excluding hydrogens is 260 g/mol. The summed E-state index contributed by atoms with van der Waals surface area (Å²) in [4.78, 5) is 0.305. The Morgan fingerprint density at radius 1 is 1.16 bits per heavy atom. The maximum Gasteiger partial charge on any atom is 0.267 e. The average molecular weight is 278 g/mol. The maximum atomic E-state index is 12.4. The zero-order valence-electron chi connectivity index (χ0n) is 10.9. The molecule has 1 aromatic carbocycles. The number of hydrogen-bond donors (Lipinski definition) is 1. The minimum Gasteiger partial charge on any atom is -0.330 e. The lowest BCUT2D eigenvalue weighted by Gasteiger charge is -2.05. The molecule has 0 saturated heterocycles. The Kier molecular flexibility index (Phi) is 4.07. The lowest BCUT2D eigenvalue weighted by atomic mass is 10.2. The molecule has 0 bridgehead atoms. The normalized spacial score (nSPS) is 11.7. The predicted octanol–water partition coefficient (Wildman–Crippen LogP) is 1.92. The molecule has 0 aliphatic heterocycles. The van der Waals surface area contributed by atoms with Gasteiger partial charge in [0.25, 0.3) is 10.0 Å². The predicted molar refractivity (Wildman–Crippen MR) is 75.6 cm³/mol. The third-order valence-electron chi connectivity index (χ3n) is 2.99. The molecule has 0 spiro atoms. The van der Waals surface area contributed by atoms with Gasteiger partial charge in [-0.15, -0.1) is 0 Å². The zero-order valence-corrected chi connectivity index (χ0v) is 11.7. The van der Waals surface area contributed by atoms with Gasteiger partial charge >= 0.3 is 0 Å². The van der Waals surface area contributed by atoms with Crippen molar-refractivity contribution in [3.63, 3.8) is 0 Å². The summed E-state index contributed by atoms with van der Waals surface area (Å²) in [5.41, 5.74) is 7.47. The number of aromatic nitrogens is 1. The first-order chi connectivity index (χ1) is 9.04. The second-order valence-electron chi connectivity index (χ2n) is 4.56. The van der Waals surface area contributed by atoms with Crippen molar-refractivity contribution in [2.75, 3.05) is 6.54 Å². The Morgan fingerprint density at radius 3 is 2.47 bits per heavy atom. The number of nitrogens with zero attached hydrogens (tertiary/aromatic N) is 1. The highest BCUT2D eigenvalue weighted by atomic mass is 32.2. The molecule has 0 saturated carbocycles. The molecule has 1 heterocycles. The van der Waals surface area contributed by atoms with Crippen LogP contribution >= 0.6 is 0 Å². The fraction of sp³-hybridized carbons (Fsp3) is 0.286. The van der Waals surface area contributed by atoms with Crippen molar-refractivity contribution in [3.05, 3.63) is 53.9 Å². The molecule has 5 heteroatoms. The molecule has 0 fully saturated rings. The lowest BCUT2D eigenvalue weighted by Crippen LogP contribution is -2.10. The minimum atomic E-state index is -3.47. The first-order valence-electron chi connectivity index (χ1n) is 6.23. The van der Waals surface area contributed by atoms with Crippen molar-refractivity contribution in [2.45, 2.75) is 24.7 Å². The van der Waals surface area contributed by atoms with E-state index < -0.39 is 10.0 Å². The smallest absolute Gasteiger partial charge is 0.267 e. The van der Waals surface area contributed by atoms with Gasteiger partial charge in [-0.05, 0) is 50.1 Å². The standard InChI is InChI=1S/C14H18N2O2S/c1-12-4-6-14(7-5-12)19(17,18)16-10-8-13(11-16)3-2-9-15/h4-8,10-11H,2-3,9,15H2,1H3. The molecule has 0 atom stereocenters. The number of hydrogen-bond acceptors (Lipinski definition) is 3. The summed E-state index contributed by atoms with van der Waals surface area (Å²) in [6.45, 7) is 2.53. The van der Waals surface area contributed by atoms with E-state index in [2.05, 4.69) is 0 Å². The number of rotatable bonds is 5. The maximum absolute atomic E-state index is 12.4. The molecule has 19 heavy (non-hydrogen) atoms. The highest BCUT2D eigenvalue weighted by Gasteiger charge is 2.16. The van der Waals surface area contributed by atoms with Crippen LogP contribution in [0.3, 0.4) is 0 Å². The fourth-order valence-electron chi connectivity index (χ4n) is 1.85. The van der Waals surface area contributed by atoms with Gasteiger partial charge in [-0.1, -0.05) is 17.7 Å². The van der Waals surface area contributed by atoms with Crippen LogP contribution in [-0.2, 0) is 16.4 Å². The van der Waals surface area contributed by atoms with Crippen molar-refractivity contribution in [3.8, 4) is 0 Å². The molecule has 0 unspecified atom stereocenters. The van der Waals surface area contributed by atoms with Gasteiger partial charge in [0.1, 0.15) is 0 Å². The molecule has 0 radical (unpaired) electrons. The molecule has 102 valence electrons. The average Bonchev–Trinajstić information content (AvgIpc) is 2.86. The van der Waals surface area contributed by atoms with Crippen LogP contribution in [-0.4, -0.2) is 18.9 Å². The lowest BCUT2D eigenvalue weighted by molar-refractivity contribution is 0.587. The van der Waals surface area contributed by atoms with E-state index >= 15 is 0 Å². The van der Waals surface area contributed by atoms with E-state index in [1.807, 2.05) is 13.0 Å². The van der Waals surface area contributed by atoms with Gasteiger partial charge in [-0.2, -0.15) is 0 Å². The van der Waals surface area contributed by atoms with Crippen molar-refractivity contribution in [2.24, 2.45) is 5.73 Å². The summed E-state index contributed by atoms with van der Waals surface area (Å²) in [7, 11) is -3.47. The van der Waals surface area contributed by atoms with Gasteiger partial charge in [0, 0.05) is 12.4 Å². The summed E-state index contributed by atoms with van der Waals surface area (Å²) < 4.78 is 26.0. The highest BCUT2D eigenvalue weighted by Crippen LogP contribution is 2.16. The van der Waals surface area contributed by atoms with Crippen LogP contribution in [0.25, 0.3) is 0 Å². The number of nitrogens with two attached hydrogens (primary N) is 1. The fourth-order valence-corrected chi connectivity index (χ4v) is 3.07. The van der Waals surface area contributed by atoms with Gasteiger partial charge in [0.15, 0.2) is 0 Å². The first kappa shape index (κ1) is 13.8. The molecule has 1 aromatic heterocycles. The summed E-state index contributed by atoms with van der Waals surface area (Å²) >= 11 is 0. The van der Waals surface area contributed by atoms with E-state index in [9.17, 15) is 8.42 Å². The SMILES string of the molecule is Cc1ccc(S(=O)(=O)n2ccc(CCCN)c2)cc1. The van der Waals surface area contributed by atoms with Crippen LogP contribution in [0.2, 0.25) is 0 Å². The van der Waals surface area contributed by atoms with Gasteiger partial charge in [0.05, 0.1) is 4.90 Å². The molecule has 0 aliphatic rings. The van der Waals surface area contributed by atoms with E-state index in [4.69, 9.17) is 5.73 Å². The Hall–Kier alpha value is -1.59. The second kappa shape index (κ2) is 5.59. The van der Waals surface area contributed by atoms with Crippen molar-refractivity contribution < 1.29 is 8.42 Å². The van der Waals surface area contributed by atoms with E-state index in [1.54, 1.807) is 36.7 Å². The van der Waals surface area contributed by atoms with Gasteiger partial charge in [-0.25, -0.2) is 12.4 Å². The second-order valence-corrected chi connectivity index (χ2v) is 6.40. The third kappa shape index (κ3) is 3.05. The summed E-state index contributed by atoms with van der Waals surface area (Å²) in [5, 5.41) is 0. The van der Waals surface area contributed by atoms with Crippen molar-refractivity contribution in [1.82, 2.24) is 3.97 Å². The van der Waals surface area contributed by atoms with Crippen LogP contribution in [0.5, 0.6) is 0 Å². The van der Waals surface area contributed by atoms with Crippen LogP contribution in [0, 0.1) is 6.92 Å². The molecule has 2 aromatic rings. The van der Waals surface area contributed by atoms with E-state index in [0.717, 1.165) is 24.0 Å². The summed E-state index contributed by atoms with van der Waals surface area (Å²) in [6.07, 6.45) is 4.90. The highest BCUT2D eigenvalue weighted by molar-refractivity contribution is 7.90. The van der Waals surface area contributed by atoms with Gasteiger partial charge in [0.2, 0.25) is 0 Å². The monoisotopic (exact) mass is 278 g/mol. The molecule has 0 aliphatic carbocycles. The Bertz CT molecular complexity index is 642. The van der Waals surface area contributed by atoms with E-state index in [1.165, 1.54) is 3.97 Å². The Labute approximate surface area is 113 Å². The largest absolute Gasteiger partial charge is 0.330 e. The van der Waals surface area contributed by atoms with Crippen molar-refractivity contribution in [1.29, 1.82) is 0 Å². The first-order valence-corrected chi connectivity index (χ1v) is 7.67. The van der Waals surface area contributed by atoms with E-state index in [-0.39, 0.29) is 0 Å². The van der Waals surface area contributed by atoms with Crippen LogP contribution in [0.1, 0.15) is 17.5 Å². The van der Waals surface area contributed by atoms with Crippen molar-refractivity contribution >= 4 is 10.0 Å². The van der Waals surface area contributed by atoms with E-state index in [0.29, 0.717) is 11.4 Å². The van der Waals surface area contributed by atoms with Gasteiger partial charge < -0.3 is 5.73 Å². The quantitative estimate of drug-likeness (QED) is 0.908. The zero-order chi connectivity index (χ0) is 13.9. The topological polar surface area (TPSA) is 65.1 Å². The minimum absolute atomic E-state index is 0.305. The van der Waals surface area contributed by atoms with Crippen LogP contribution in [0.15, 0.2) is 47.6 Å². The molecule has 4 nitrogen and oxygen atoms in total. The number of aryl methyl sites for hydroxylation is 2. The molecule has 2 rings (SSSR count). The molecular formula is C14H18N2O2S. The molecule has 2 N–H and O–H groups in total. The van der Waals surface area contributed by atoms with Crippen LogP contribution in [0.4, 0.5) is 0 Å². The number of benzene rings is 1. The third-order valence-corrected chi connectivity index (χ3v) is 4.64. The summed E-state index contributed by atoms with van der Waals surface area (Å²) in [6, 6.07) is 8.67. The molecule has 0 amide bonds. The Morgan fingerprint density at radius 2 is 1.84 bits per heavy atom. The van der Waals surface area contributed by atoms with Crippen LogP contribution < -0.4 is 5.73 Å². The summed E-state index contributed by atoms with van der Waals surface area (Å²) in [5.74, 6) is 0. The van der Waals surface area contributed by atoms with Gasteiger partial charge in [-0.3, -0.25) is 0 Å². The Balaban J connectivity index is 2.29.